The van der Waals surface area contributed by atoms with Crippen molar-refractivity contribution in [3.05, 3.63) is 46.6 Å². The lowest BCUT2D eigenvalue weighted by Gasteiger charge is -2.34. The van der Waals surface area contributed by atoms with Crippen molar-refractivity contribution in [1.82, 2.24) is 19.8 Å². The van der Waals surface area contributed by atoms with Crippen LogP contribution in [0.3, 0.4) is 0 Å². The van der Waals surface area contributed by atoms with Crippen LogP contribution in [0.25, 0.3) is 0 Å². The first-order valence-electron chi connectivity index (χ1n) is 11.1. The number of piperazine rings is 1. The van der Waals surface area contributed by atoms with E-state index in [9.17, 15) is 9.59 Å². The number of hydrogen-bond acceptors (Lipinski definition) is 6. The zero-order valence-electron chi connectivity index (χ0n) is 19.7. The fraction of sp³-hybridized carbons (Fsp3) is 0.500. The third kappa shape index (κ3) is 5.79. The molecule has 0 saturated carbocycles. The molecule has 2 amide bonds. The number of benzene rings is 1. The molecule has 1 aliphatic heterocycles. The molecule has 7 nitrogen and oxygen atoms in total. The number of nitrogens with zero attached hydrogens (tertiary/aromatic N) is 5. The minimum Gasteiger partial charge on any atom is -0.359 e. The van der Waals surface area contributed by atoms with Gasteiger partial charge in [-0.1, -0.05) is 30.8 Å². The van der Waals surface area contributed by atoms with Crippen LogP contribution in [0.2, 0.25) is 0 Å². The third-order valence-electron chi connectivity index (χ3n) is 5.84. The van der Waals surface area contributed by atoms with Gasteiger partial charge >= 0.3 is 0 Å². The summed E-state index contributed by atoms with van der Waals surface area (Å²) in [6.07, 6.45) is 1.07. The molecule has 1 aromatic carbocycles. The number of hydrogen-bond donors (Lipinski definition) is 0. The molecule has 0 spiro atoms. The van der Waals surface area contributed by atoms with Crippen molar-refractivity contribution in [2.75, 3.05) is 44.7 Å². The molecule has 8 heteroatoms. The second kappa shape index (κ2) is 10.8. The molecule has 0 radical (unpaired) electrons. The van der Waals surface area contributed by atoms with Crippen LogP contribution in [0.4, 0.5) is 5.82 Å². The zero-order chi connectivity index (χ0) is 23.3. The van der Waals surface area contributed by atoms with Gasteiger partial charge in [-0.05, 0) is 38.0 Å². The summed E-state index contributed by atoms with van der Waals surface area (Å²) in [5, 5.41) is 0.773. The van der Waals surface area contributed by atoms with Crippen LogP contribution in [0.15, 0.2) is 29.4 Å². The van der Waals surface area contributed by atoms with Gasteiger partial charge in [0.1, 0.15) is 5.82 Å². The van der Waals surface area contributed by atoms with Crippen LogP contribution in [0.1, 0.15) is 47.4 Å². The van der Waals surface area contributed by atoms with E-state index in [-0.39, 0.29) is 11.8 Å². The van der Waals surface area contributed by atoms with Crippen LogP contribution < -0.4 is 4.90 Å². The monoisotopic (exact) mass is 455 g/mol. The highest BCUT2D eigenvalue weighted by Gasteiger charge is 2.23. The van der Waals surface area contributed by atoms with Gasteiger partial charge in [0.15, 0.2) is 5.16 Å². The molecule has 0 atom stereocenters. The van der Waals surface area contributed by atoms with Crippen LogP contribution in [0.5, 0.6) is 0 Å². The number of anilines is 1. The summed E-state index contributed by atoms with van der Waals surface area (Å²) in [6.45, 7) is 11.1. The summed E-state index contributed by atoms with van der Waals surface area (Å²) < 4.78 is 0. The number of carbonyl (C=O) groups is 2. The highest BCUT2D eigenvalue weighted by Crippen LogP contribution is 2.26. The summed E-state index contributed by atoms with van der Waals surface area (Å²) in [6, 6.07) is 7.77. The topological polar surface area (TPSA) is 69.6 Å². The molecule has 32 heavy (non-hydrogen) atoms. The van der Waals surface area contributed by atoms with Gasteiger partial charge in [0, 0.05) is 69.3 Å². The van der Waals surface area contributed by atoms with Crippen molar-refractivity contribution >= 4 is 29.4 Å². The largest absolute Gasteiger partial charge is 0.359 e. The molecule has 1 saturated heterocycles. The highest BCUT2D eigenvalue weighted by atomic mass is 32.2. The van der Waals surface area contributed by atoms with Crippen LogP contribution >= 0.6 is 11.8 Å². The van der Waals surface area contributed by atoms with Crippen LogP contribution in [-0.4, -0.2) is 71.4 Å². The Morgan fingerprint density at radius 3 is 2.25 bits per heavy atom. The highest BCUT2D eigenvalue weighted by molar-refractivity contribution is 7.98. The van der Waals surface area contributed by atoms with Gasteiger partial charge in [-0.3, -0.25) is 9.59 Å². The lowest BCUT2D eigenvalue weighted by Crippen LogP contribution is -2.50. The fourth-order valence-corrected chi connectivity index (χ4v) is 4.61. The van der Waals surface area contributed by atoms with Crippen LogP contribution in [0, 0.1) is 13.8 Å². The molecule has 1 aromatic heterocycles. The Morgan fingerprint density at radius 2 is 1.66 bits per heavy atom. The van der Waals surface area contributed by atoms with E-state index in [1.807, 2.05) is 36.1 Å². The summed E-state index contributed by atoms with van der Waals surface area (Å²) >= 11 is 1.61. The number of rotatable bonds is 7. The van der Waals surface area contributed by atoms with E-state index >= 15 is 0 Å². The predicted octanol–water partition coefficient (Wildman–Crippen LogP) is 3.54. The standard InChI is InChI=1S/C24H33N5O2S/c1-6-11-27(5)22-17(2)18(3)25-24(26-22)32-16-20-7-9-21(10-8-20)23(31)29-14-12-28(13-15-29)19(4)30/h7-10H,6,11-16H2,1-5H3. The molecule has 1 fully saturated rings. The average Bonchev–Trinajstić information content (AvgIpc) is 2.79. The Labute approximate surface area is 195 Å². The second-order valence-corrected chi connectivity index (χ2v) is 9.19. The minimum absolute atomic E-state index is 0.0218. The van der Waals surface area contributed by atoms with Gasteiger partial charge in [-0.2, -0.15) is 0 Å². The second-order valence-electron chi connectivity index (χ2n) is 8.25. The van der Waals surface area contributed by atoms with Gasteiger partial charge in [-0.15, -0.1) is 0 Å². The van der Waals surface area contributed by atoms with E-state index in [4.69, 9.17) is 4.98 Å². The molecule has 0 unspecified atom stereocenters. The first-order chi connectivity index (χ1) is 15.3. The SMILES string of the molecule is CCCN(C)c1nc(SCc2ccc(C(=O)N3CCN(C(C)=O)CC3)cc2)nc(C)c1C. The van der Waals surface area contributed by atoms with E-state index in [2.05, 4.69) is 30.8 Å². The van der Waals surface area contributed by atoms with Crippen molar-refractivity contribution in [3.63, 3.8) is 0 Å². The smallest absolute Gasteiger partial charge is 0.253 e. The maximum absolute atomic E-state index is 12.8. The zero-order valence-corrected chi connectivity index (χ0v) is 20.5. The van der Waals surface area contributed by atoms with E-state index in [1.165, 1.54) is 0 Å². The van der Waals surface area contributed by atoms with Gasteiger partial charge < -0.3 is 14.7 Å². The minimum atomic E-state index is 0.0218. The molecular formula is C24H33N5O2S. The molecule has 0 bridgehead atoms. The molecule has 172 valence electrons. The van der Waals surface area contributed by atoms with E-state index in [0.717, 1.165) is 46.5 Å². The first-order valence-corrected chi connectivity index (χ1v) is 12.1. The average molecular weight is 456 g/mol. The number of carbonyl (C=O) groups excluding carboxylic acids is 2. The first kappa shape index (κ1) is 24.0. The van der Waals surface area contributed by atoms with Crippen molar-refractivity contribution < 1.29 is 9.59 Å². The van der Waals surface area contributed by atoms with Crippen molar-refractivity contribution in [2.24, 2.45) is 0 Å². The summed E-state index contributed by atoms with van der Waals surface area (Å²) in [5.74, 6) is 1.82. The Kier molecular flexibility index (Phi) is 8.12. The lowest BCUT2D eigenvalue weighted by atomic mass is 10.1. The maximum Gasteiger partial charge on any atom is 0.253 e. The Bertz CT molecular complexity index is 956. The third-order valence-corrected chi connectivity index (χ3v) is 6.76. The molecular weight excluding hydrogens is 422 g/mol. The van der Waals surface area contributed by atoms with Gasteiger partial charge in [0.05, 0.1) is 0 Å². The van der Waals surface area contributed by atoms with Gasteiger partial charge in [0.25, 0.3) is 5.91 Å². The molecule has 1 aliphatic rings. The molecule has 2 aromatic rings. The van der Waals surface area contributed by atoms with Crippen molar-refractivity contribution in [3.8, 4) is 0 Å². The Balaban J connectivity index is 1.61. The number of aromatic nitrogens is 2. The van der Waals surface area contributed by atoms with E-state index in [1.54, 1.807) is 23.6 Å². The lowest BCUT2D eigenvalue weighted by molar-refractivity contribution is -0.130. The fourth-order valence-electron chi connectivity index (χ4n) is 3.76. The molecule has 3 rings (SSSR count). The quantitative estimate of drug-likeness (QED) is 0.470. The molecule has 2 heterocycles. The Morgan fingerprint density at radius 1 is 1.03 bits per heavy atom. The summed E-state index contributed by atoms with van der Waals surface area (Å²) in [7, 11) is 2.07. The molecule has 0 aliphatic carbocycles. The maximum atomic E-state index is 12.8. The summed E-state index contributed by atoms with van der Waals surface area (Å²) in [5.41, 5.74) is 3.93. The number of amides is 2. The number of thioether (sulfide) groups is 1. The number of aryl methyl sites for hydroxylation is 1. The van der Waals surface area contributed by atoms with E-state index < -0.39 is 0 Å². The van der Waals surface area contributed by atoms with E-state index in [0.29, 0.717) is 31.7 Å². The van der Waals surface area contributed by atoms with Crippen molar-refractivity contribution in [2.45, 2.75) is 45.0 Å². The van der Waals surface area contributed by atoms with Gasteiger partial charge in [0.2, 0.25) is 5.91 Å². The summed E-state index contributed by atoms with van der Waals surface area (Å²) in [4.78, 5) is 39.5. The predicted molar refractivity (Wildman–Crippen MR) is 129 cm³/mol. The van der Waals surface area contributed by atoms with Crippen molar-refractivity contribution in [1.29, 1.82) is 0 Å². The molecule has 0 N–H and O–H groups in total. The normalized spacial score (nSPS) is 13.9. The van der Waals surface area contributed by atoms with Gasteiger partial charge in [-0.25, -0.2) is 9.97 Å². The Hall–Kier alpha value is -2.61. The van der Waals surface area contributed by atoms with Crippen LogP contribution in [-0.2, 0) is 10.5 Å².